The summed E-state index contributed by atoms with van der Waals surface area (Å²) in [5, 5.41) is 0.126. The first-order chi connectivity index (χ1) is 11.3. The summed E-state index contributed by atoms with van der Waals surface area (Å²) in [6.45, 7) is 11.7. The van der Waals surface area contributed by atoms with Crippen molar-refractivity contribution in [1.29, 1.82) is 0 Å². The van der Waals surface area contributed by atoms with E-state index >= 15 is 0 Å². The highest BCUT2D eigenvalue weighted by molar-refractivity contribution is 9.10. The van der Waals surface area contributed by atoms with Gasteiger partial charge in [-0.1, -0.05) is 48.8 Å². The van der Waals surface area contributed by atoms with Crippen LogP contribution in [-0.2, 0) is 25.1 Å². The van der Waals surface area contributed by atoms with Crippen LogP contribution in [0.25, 0.3) is 0 Å². The van der Waals surface area contributed by atoms with E-state index in [9.17, 15) is 8.42 Å². The van der Waals surface area contributed by atoms with E-state index in [0.717, 1.165) is 23.6 Å². The van der Waals surface area contributed by atoms with Gasteiger partial charge in [0.2, 0.25) is 0 Å². The van der Waals surface area contributed by atoms with Crippen LogP contribution >= 0.6 is 15.9 Å². The van der Waals surface area contributed by atoms with Crippen LogP contribution in [0.15, 0.2) is 28.7 Å². The molecular formula is C18H31BrO4SSi. The third kappa shape index (κ3) is 8.82. The Morgan fingerprint density at radius 2 is 1.68 bits per heavy atom. The summed E-state index contributed by atoms with van der Waals surface area (Å²) in [7, 11) is -5.31. The molecule has 1 aromatic rings. The maximum Gasteiger partial charge on any atom is 0.264 e. The van der Waals surface area contributed by atoms with Crippen molar-refractivity contribution in [3.05, 3.63) is 34.3 Å². The van der Waals surface area contributed by atoms with Crippen molar-refractivity contribution in [1.82, 2.24) is 0 Å². The predicted octanol–water partition coefficient (Wildman–Crippen LogP) is 5.00. The van der Waals surface area contributed by atoms with Crippen LogP contribution in [0, 0.1) is 5.92 Å². The fourth-order valence-corrected chi connectivity index (χ4v) is 3.79. The molecule has 1 atom stereocenters. The van der Waals surface area contributed by atoms with Crippen LogP contribution < -0.4 is 0 Å². The maximum atomic E-state index is 11.3. The van der Waals surface area contributed by atoms with Crippen LogP contribution in [-0.4, -0.2) is 36.2 Å². The Hall–Kier alpha value is -0.213. The average molecular weight is 451 g/mol. The van der Waals surface area contributed by atoms with Gasteiger partial charge in [-0.3, -0.25) is 4.18 Å². The molecule has 144 valence electrons. The Bertz CT molecular complexity index is 636. The molecule has 0 bridgehead atoms. The summed E-state index contributed by atoms with van der Waals surface area (Å²) in [5.41, 5.74) is 1.22. The van der Waals surface area contributed by atoms with Crippen molar-refractivity contribution in [2.24, 2.45) is 5.92 Å². The Kier molecular flexibility index (Phi) is 8.33. The first-order valence-corrected chi connectivity index (χ1v) is 14.0. The zero-order valence-corrected chi connectivity index (χ0v) is 19.5. The quantitative estimate of drug-likeness (QED) is 0.392. The molecule has 0 aliphatic rings. The largest absolute Gasteiger partial charge is 0.416 e. The van der Waals surface area contributed by atoms with Crippen LogP contribution in [0.5, 0.6) is 0 Å². The standard InChI is InChI=1S/C18H31BrO4SSi/c1-18(2,3)25(5,6)23-14-16(13-22-24(4,20)21)8-7-15-9-11-17(19)12-10-15/h9-12,16H,7-8,13-14H2,1-6H3/t16-/m0/s1. The van der Waals surface area contributed by atoms with E-state index in [0.29, 0.717) is 6.61 Å². The first kappa shape index (κ1) is 22.8. The molecule has 0 N–H and O–H groups in total. The molecule has 0 fully saturated rings. The molecule has 1 aromatic carbocycles. The lowest BCUT2D eigenvalue weighted by Gasteiger charge is -2.37. The summed E-state index contributed by atoms with van der Waals surface area (Å²) >= 11 is 3.44. The van der Waals surface area contributed by atoms with Gasteiger partial charge < -0.3 is 4.43 Å². The van der Waals surface area contributed by atoms with Crippen molar-refractivity contribution >= 4 is 34.4 Å². The molecule has 0 aliphatic heterocycles. The van der Waals surface area contributed by atoms with Gasteiger partial charge in [-0.25, -0.2) is 0 Å². The van der Waals surface area contributed by atoms with Gasteiger partial charge in [-0.15, -0.1) is 0 Å². The number of rotatable bonds is 9. The summed E-state index contributed by atoms with van der Waals surface area (Å²) < 4.78 is 35.1. The Morgan fingerprint density at radius 3 is 2.16 bits per heavy atom. The van der Waals surface area contributed by atoms with E-state index in [2.05, 4.69) is 61.9 Å². The van der Waals surface area contributed by atoms with E-state index in [1.807, 2.05) is 12.1 Å². The van der Waals surface area contributed by atoms with Gasteiger partial charge in [0.25, 0.3) is 10.1 Å². The van der Waals surface area contributed by atoms with Crippen LogP contribution in [0.4, 0.5) is 0 Å². The van der Waals surface area contributed by atoms with E-state index in [1.165, 1.54) is 5.56 Å². The molecule has 0 spiro atoms. The lowest BCUT2D eigenvalue weighted by molar-refractivity contribution is 0.164. The highest BCUT2D eigenvalue weighted by Crippen LogP contribution is 2.37. The molecule has 25 heavy (non-hydrogen) atoms. The highest BCUT2D eigenvalue weighted by Gasteiger charge is 2.37. The van der Waals surface area contributed by atoms with E-state index in [1.54, 1.807) is 0 Å². The monoisotopic (exact) mass is 450 g/mol. The van der Waals surface area contributed by atoms with Gasteiger partial charge in [-0.2, -0.15) is 8.42 Å². The van der Waals surface area contributed by atoms with E-state index in [-0.39, 0.29) is 17.6 Å². The van der Waals surface area contributed by atoms with Crippen molar-refractivity contribution in [2.75, 3.05) is 19.5 Å². The van der Waals surface area contributed by atoms with Gasteiger partial charge in [0, 0.05) is 17.0 Å². The summed E-state index contributed by atoms with van der Waals surface area (Å²) in [5.74, 6) is 0.0486. The molecule has 1 rings (SSSR count). The van der Waals surface area contributed by atoms with Gasteiger partial charge in [-0.05, 0) is 48.7 Å². The molecule has 0 heterocycles. The fourth-order valence-electron chi connectivity index (χ4n) is 2.00. The summed E-state index contributed by atoms with van der Waals surface area (Å²) in [4.78, 5) is 0. The molecule has 0 amide bonds. The zero-order chi connectivity index (χ0) is 19.3. The Balaban J connectivity index is 2.70. The predicted molar refractivity (Wildman–Crippen MR) is 110 cm³/mol. The minimum Gasteiger partial charge on any atom is -0.416 e. The highest BCUT2D eigenvalue weighted by atomic mass is 79.9. The minimum absolute atomic E-state index is 0.0486. The van der Waals surface area contributed by atoms with Gasteiger partial charge in [0.05, 0.1) is 12.9 Å². The molecule has 4 nitrogen and oxygen atoms in total. The summed E-state index contributed by atoms with van der Waals surface area (Å²) in [6.07, 6.45) is 2.78. The molecule has 7 heteroatoms. The van der Waals surface area contributed by atoms with Gasteiger partial charge in [0.15, 0.2) is 8.32 Å². The van der Waals surface area contributed by atoms with Crippen LogP contribution in [0.2, 0.25) is 18.1 Å². The number of hydrogen-bond donors (Lipinski definition) is 0. The number of hydrogen-bond acceptors (Lipinski definition) is 4. The second kappa shape index (κ2) is 9.13. The molecule has 0 aromatic heterocycles. The molecular weight excluding hydrogens is 420 g/mol. The summed E-state index contributed by atoms with van der Waals surface area (Å²) in [6, 6.07) is 8.19. The molecule has 0 aliphatic carbocycles. The molecule has 0 saturated heterocycles. The van der Waals surface area contributed by atoms with E-state index in [4.69, 9.17) is 8.61 Å². The molecule has 0 radical (unpaired) electrons. The van der Waals surface area contributed by atoms with Crippen molar-refractivity contribution < 1.29 is 17.0 Å². The lowest BCUT2D eigenvalue weighted by atomic mass is 10.0. The van der Waals surface area contributed by atoms with Crippen LogP contribution in [0.3, 0.4) is 0 Å². The van der Waals surface area contributed by atoms with E-state index < -0.39 is 18.4 Å². The van der Waals surface area contributed by atoms with Gasteiger partial charge in [0.1, 0.15) is 0 Å². The third-order valence-corrected chi connectivity index (χ3v) is 10.4. The van der Waals surface area contributed by atoms with Crippen molar-refractivity contribution in [3.8, 4) is 0 Å². The SMILES string of the molecule is CC(C)(C)[Si](C)(C)OC[C@@H](CCc1ccc(Br)cc1)COS(C)(=O)=O. The second-order valence-electron chi connectivity index (χ2n) is 8.09. The number of aryl methyl sites for hydroxylation is 1. The fraction of sp³-hybridized carbons (Fsp3) is 0.667. The maximum absolute atomic E-state index is 11.3. The Labute approximate surface area is 162 Å². The average Bonchev–Trinajstić information content (AvgIpc) is 2.46. The van der Waals surface area contributed by atoms with Crippen molar-refractivity contribution in [2.45, 2.75) is 51.7 Å². The lowest BCUT2D eigenvalue weighted by Crippen LogP contribution is -2.42. The van der Waals surface area contributed by atoms with Crippen LogP contribution in [0.1, 0.15) is 32.8 Å². The van der Waals surface area contributed by atoms with Crippen molar-refractivity contribution in [3.63, 3.8) is 0 Å². The topological polar surface area (TPSA) is 52.6 Å². The minimum atomic E-state index is -3.44. The zero-order valence-electron chi connectivity index (χ0n) is 16.1. The number of halogens is 1. The Morgan fingerprint density at radius 1 is 1.12 bits per heavy atom. The third-order valence-electron chi connectivity index (χ3n) is 4.76. The smallest absolute Gasteiger partial charge is 0.264 e. The van der Waals surface area contributed by atoms with Gasteiger partial charge >= 0.3 is 0 Å². The first-order valence-electron chi connectivity index (χ1n) is 8.53. The number of benzene rings is 1. The normalized spacial score (nSPS) is 14.5. The second-order valence-corrected chi connectivity index (χ2v) is 15.5. The molecule has 0 saturated carbocycles. The molecule has 0 unspecified atom stereocenters.